The zero-order chi connectivity index (χ0) is 26.7. The zero-order valence-electron chi connectivity index (χ0n) is 22.0. The number of anilines is 2. The molecule has 2 aromatic carbocycles. The van der Waals surface area contributed by atoms with Crippen molar-refractivity contribution in [1.29, 1.82) is 0 Å². The summed E-state index contributed by atoms with van der Waals surface area (Å²) in [4.78, 5) is 30.6. The molecule has 0 saturated heterocycles. The molecule has 9 heteroatoms. The van der Waals surface area contributed by atoms with Gasteiger partial charge in [0, 0.05) is 31.2 Å². The number of carboxylic acid groups (broad SMARTS) is 1. The van der Waals surface area contributed by atoms with E-state index in [1.54, 1.807) is 6.07 Å². The maximum atomic E-state index is 12.8. The second kappa shape index (κ2) is 11.0. The van der Waals surface area contributed by atoms with Crippen LogP contribution in [0.15, 0.2) is 36.4 Å². The first-order valence-electron chi connectivity index (χ1n) is 12.8. The molecule has 2 amide bonds. The number of fused-ring (bicyclic) bond motifs is 1. The van der Waals surface area contributed by atoms with E-state index in [9.17, 15) is 14.7 Å². The van der Waals surface area contributed by atoms with Crippen LogP contribution in [0, 0.1) is 5.92 Å². The Morgan fingerprint density at radius 1 is 1.14 bits per heavy atom. The third-order valence-electron chi connectivity index (χ3n) is 7.08. The van der Waals surface area contributed by atoms with Crippen LogP contribution in [0.3, 0.4) is 0 Å². The Balaban J connectivity index is 1.51. The molecule has 8 nitrogen and oxygen atoms in total. The van der Waals surface area contributed by atoms with Gasteiger partial charge in [0.15, 0.2) is 0 Å². The number of rotatable bonds is 7. The van der Waals surface area contributed by atoms with E-state index in [0.717, 1.165) is 17.6 Å². The lowest BCUT2D eigenvalue weighted by Gasteiger charge is -2.33. The van der Waals surface area contributed by atoms with Crippen LogP contribution >= 0.6 is 11.6 Å². The van der Waals surface area contributed by atoms with Gasteiger partial charge in [0.1, 0.15) is 0 Å². The van der Waals surface area contributed by atoms with Crippen LogP contribution in [-0.4, -0.2) is 43.6 Å². The first-order valence-corrected chi connectivity index (χ1v) is 13.2. The molecule has 0 aliphatic heterocycles. The molecule has 1 saturated carbocycles. The summed E-state index contributed by atoms with van der Waals surface area (Å²) in [5.74, 6) is 1.06. The van der Waals surface area contributed by atoms with Crippen LogP contribution in [0.2, 0.25) is 5.02 Å². The van der Waals surface area contributed by atoms with Crippen molar-refractivity contribution < 1.29 is 14.7 Å². The van der Waals surface area contributed by atoms with Gasteiger partial charge in [-0.2, -0.15) is 0 Å². The maximum absolute atomic E-state index is 12.8. The number of nitrogens with one attached hydrogen (secondary N) is 2. The smallest absolute Gasteiger partial charge is 0.408 e. The highest BCUT2D eigenvalue weighted by Gasteiger charge is 2.26. The van der Waals surface area contributed by atoms with Crippen LogP contribution in [0.5, 0.6) is 0 Å². The van der Waals surface area contributed by atoms with Gasteiger partial charge >= 0.3 is 6.09 Å². The number of hydrogen-bond acceptors (Lipinski definition) is 4. The molecule has 1 aromatic heterocycles. The molecular formula is C28H36ClN5O3. The highest BCUT2D eigenvalue weighted by molar-refractivity contribution is 6.33. The molecular weight excluding hydrogens is 490 g/mol. The quantitative estimate of drug-likeness (QED) is 0.324. The summed E-state index contributed by atoms with van der Waals surface area (Å²) < 4.78 is 1.90. The van der Waals surface area contributed by atoms with Crippen molar-refractivity contribution in [3.63, 3.8) is 0 Å². The Morgan fingerprint density at radius 3 is 2.54 bits per heavy atom. The van der Waals surface area contributed by atoms with Gasteiger partial charge in [-0.25, -0.2) is 9.78 Å². The number of halogens is 1. The Kier molecular flexibility index (Phi) is 7.97. The van der Waals surface area contributed by atoms with Gasteiger partial charge in [-0.05, 0) is 75.4 Å². The third-order valence-corrected chi connectivity index (χ3v) is 7.41. The standard InChI is InChI=1S/C28H36ClN5O3/c1-28(2,3)34(27(36)37)17-19-10-12-21(29)22(14-19)31-26-32-23-15-20(11-13-24(23)33(26)4)25(35)30-16-18-8-6-5-7-9-18/h10-15,18H,5-9,16-17H2,1-4H3,(H,30,35)(H,31,32)(H,36,37). The Hall–Kier alpha value is -3.26. The summed E-state index contributed by atoms with van der Waals surface area (Å²) in [7, 11) is 1.89. The number of benzene rings is 2. The zero-order valence-corrected chi connectivity index (χ0v) is 22.7. The highest BCUT2D eigenvalue weighted by atomic mass is 35.5. The molecule has 1 aliphatic carbocycles. The van der Waals surface area contributed by atoms with Gasteiger partial charge in [0.05, 0.1) is 21.7 Å². The minimum Gasteiger partial charge on any atom is -0.465 e. The molecule has 1 fully saturated rings. The van der Waals surface area contributed by atoms with Gasteiger partial charge in [-0.3, -0.25) is 9.69 Å². The van der Waals surface area contributed by atoms with Gasteiger partial charge in [-0.15, -0.1) is 0 Å². The van der Waals surface area contributed by atoms with Gasteiger partial charge in [0.25, 0.3) is 5.91 Å². The number of nitrogens with zero attached hydrogens (tertiary/aromatic N) is 3. The monoisotopic (exact) mass is 525 g/mol. The lowest BCUT2D eigenvalue weighted by atomic mass is 9.89. The van der Waals surface area contributed by atoms with Gasteiger partial charge in [-0.1, -0.05) is 36.9 Å². The van der Waals surface area contributed by atoms with Crippen molar-refractivity contribution >= 4 is 46.3 Å². The summed E-state index contributed by atoms with van der Waals surface area (Å²) in [5.41, 5.74) is 3.05. The van der Waals surface area contributed by atoms with E-state index in [4.69, 9.17) is 16.6 Å². The van der Waals surface area contributed by atoms with Gasteiger partial charge in [0.2, 0.25) is 5.95 Å². The fraction of sp³-hybridized carbons (Fsp3) is 0.464. The summed E-state index contributed by atoms with van der Waals surface area (Å²) in [6, 6.07) is 10.9. The Bertz CT molecular complexity index is 1290. The van der Waals surface area contributed by atoms with Crippen molar-refractivity contribution in [2.75, 3.05) is 11.9 Å². The molecule has 1 heterocycles. The van der Waals surface area contributed by atoms with Crippen LogP contribution in [0.4, 0.5) is 16.4 Å². The highest BCUT2D eigenvalue weighted by Crippen LogP contribution is 2.30. The number of carbonyl (C=O) groups excluding carboxylic acids is 1. The van der Waals surface area contributed by atoms with Crippen LogP contribution < -0.4 is 10.6 Å². The summed E-state index contributed by atoms with van der Waals surface area (Å²) >= 11 is 6.47. The SMILES string of the molecule is Cn1c(Nc2cc(CN(C(=O)O)C(C)(C)C)ccc2Cl)nc2cc(C(=O)NCC3CCCCC3)ccc21. The predicted molar refractivity (Wildman–Crippen MR) is 148 cm³/mol. The molecule has 37 heavy (non-hydrogen) atoms. The Labute approximate surface area is 223 Å². The number of aromatic nitrogens is 2. The molecule has 0 unspecified atom stereocenters. The van der Waals surface area contributed by atoms with Crippen LogP contribution in [0.25, 0.3) is 11.0 Å². The molecule has 198 valence electrons. The van der Waals surface area contributed by atoms with E-state index in [1.807, 2.05) is 62.7 Å². The van der Waals surface area contributed by atoms with E-state index < -0.39 is 11.6 Å². The first-order chi connectivity index (χ1) is 17.5. The van der Waals surface area contributed by atoms with Crippen molar-refractivity contribution in [2.24, 2.45) is 13.0 Å². The van der Waals surface area contributed by atoms with E-state index in [0.29, 0.717) is 33.7 Å². The molecule has 3 N–H and O–H groups in total. The molecule has 0 radical (unpaired) electrons. The minimum absolute atomic E-state index is 0.0785. The number of carbonyl (C=O) groups is 2. The van der Waals surface area contributed by atoms with E-state index >= 15 is 0 Å². The third kappa shape index (κ3) is 6.36. The lowest BCUT2D eigenvalue weighted by Crippen LogP contribution is -2.44. The van der Waals surface area contributed by atoms with Crippen molar-refractivity contribution in [1.82, 2.24) is 19.8 Å². The summed E-state index contributed by atoms with van der Waals surface area (Å²) in [6.45, 7) is 6.53. The van der Waals surface area contributed by atoms with E-state index in [1.165, 1.54) is 37.0 Å². The number of amides is 2. The summed E-state index contributed by atoms with van der Waals surface area (Å²) in [6.07, 6.45) is 5.18. The number of aryl methyl sites for hydroxylation is 1. The maximum Gasteiger partial charge on any atom is 0.408 e. The average molecular weight is 526 g/mol. The molecule has 0 spiro atoms. The average Bonchev–Trinajstić information content (AvgIpc) is 3.16. The van der Waals surface area contributed by atoms with Crippen LogP contribution in [-0.2, 0) is 13.6 Å². The van der Waals surface area contributed by atoms with Gasteiger partial charge < -0.3 is 20.3 Å². The molecule has 0 atom stereocenters. The second-order valence-electron chi connectivity index (χ2n) is 10.9. The molecule has 0 bridgehead atoms. The lowest BCUT2D eigenvalue weighted by molar-refractivity contribution is 0.0938. The molecule has 3 aromatic rings. The van der Waals surface area contributed by atoms with E-state index in [-0.39, 0.29) is 12.5 Å². The molecule has 4 rings (SSSR count). The first kappa shape index (κ1) is 26.8. The normalized spacial score (nSPS) is 14.5. The molecule has 1 aliphatic rings. The topological polar surface area (TPSA) is 99.5 Å². The van der Waals surface area contributed by atoms with Crippen LogP contribution in [0.1, 0.15) is 68.8 Å². The van der Waals surface area contributed by atoms with Crippen molar-refractivity contribution in [2.45, 2.75) is 65.0 Å². The number of imidazole rings is 1. The largest absolute Gasteiger partial charge is 0.465 e. The number of hydrogen-bond donors (Lipinski definition) is 3. The fourth-order valence-electron chi connectivity index (χ4n) is 4.84. The Morgan fingerprint density at radius 2 is 1.86 bits per heavy atom. The fourth-order valence-corrected chi connectivity index (χ4v) is 5.01. The minimum atomic E-state index is -0.981. The van der Waals surface area contributed by atoms with Crippen molar-refractivity contribution in [3.05, 3.63) is 52.5 Å². The predicted octanol–water partition coefficient (Wildman–Crippen LogP) is 6.56. The van der Waals surface area contributed by atoms with E-state index in [2.05, 4.69) is 10.6 Å². The van der Waals surface area contributed by atoms with Crippen molar-refractivity contribution in [3.8, 4) is 0 Å². The second-order valence-corrected chi connectivity index (χ2v) is 11.3. The summed E-state index contributed by atoms with van der Waals surface area (Å²) in [5, 5.41) is 16.5.